The van der Waals surface area contributed by atoms with E-state index in [1.165, 1.54) is 5.56 Å². The van der Waals surface area contributed by atoms with Gasteiger partial charge in [-0.05, 0) is 42.0 Å². The Morgan fingerprint density at radius 2 is 2.06 bits per heavy atom. The van der Waals surface area contributed by atoms with E-state index in [0.29, 0.717) is 0 Å². The van der Waals surface area contributed by atoms with E-state index >= 15 is 0 Å². The van der Waals surface area contributed by atoms with Crippen molar-refractivity contribution in [2.75, 3.05) is 0 Å². The highest BCUT2D eigenvalue weighted by Gasteiger charge is 2.28. The van der Waals surface area contributed by atoms with Gasteiger partial charge in [0.05, 0.1) is 12.4 Å². The molecule has 17 heavy (non-hydrogen) atoms. The van der Waals surface area contributed by atoms with Gasteiger partial charge in [0, 0.05) is 6.42 Å². The lowest BCUT2D eigenvalue weighted by molar-refractivity contribution is 0.0905. The van der Waals surface area contributed by atoms with Gasteiger partial charge in [-0.25, -0.2) is 0 Å². The minimum atomic E-state index is -0.356. The summed E-state index contributed by atoms with van der Waals surface area (Å²) < 4.78 is 5.36. The van der Waals surface area contributed by atoms with E-state index in [2.05, 4.69) is 6.07 Å². The van der Waals surface area contributed by atoms with Crippen LogP contribution in [0.25, 0.3) is 0 Å². The van der Waals surface area contributed by atoms with Crippen LogP contribution in [-0.2, 0) is 12.8 Å². The lowest BCUT2D eigenvalue weighted by Crippen LogP contribution is -2.22. The molecule has 2 heteroatoms. The van der Waals surface area contributed by atoms with Crippen LogP contribution in [0.5, 0.6) is 0 Å². The van der Waals surface area contributed by atoms with Crippen LogP contribution in [0.1, 0.15) is 29.4 Å². The summed E-state index contributed by atoms with van der Waals surface area (Å²) >= 11 is 0. The molecule has 0 saturated carbocycles. The summed E-state index contributed by atoms with van der Waals surface area (Å²) in [4.78, 5) is 0. The number of aliphatic hydroxyl groups is 1. The smallest absolute Gasteiger partial charge is 0.104 e. The molecule has 0 radical (unpaired) electrons. The summed E-state index contributed by atoms with van der Waals surface area (Å²) in [6, 6.07) is 12.1. The van der Waals surface area contributed by atoms with Gasteiger partial charge in [0.25, 0.3) is 0 Å². The molecule has 2 unspecified atom stereocenters. The third-order valence-electron chi connectivity index (χ3n) is 3.65. The highest BCUT2D eigenvalue weighted by atomic mass is 16.3. The maximum Gasteiger partial charge on any atom is 0.104 e. The summed E-state index contributed by atoms with van der Waals surface area (Å²) in [5.74, 6) is 1.24. The van der Waals surface area contributed by atoms with E-state index in [1.54, 1.807) is 6.26 Å². The molecule has 3 rings (SSSR count). The van der Waals surface area contributed by atoms with Gasteiger partial charge < -0.3 is 9.52 Å². The SMILES string of the molecule is OC1c2ccccc2CCC1Cc1ccco1. The van der Waals surface area contributed by atoms with E-state index in [9.17, 15) is 5.11 Å². The highest BCUT2D eigenvalue weighted by molar-refractivity contribution is 5.32. The number of furan rings is 1. The summed E-state index contributed by atoms with van der Waals surface area (Å²) in [5, 5.41) is 10.4. The van der Waals surface area contributed by atoms with Gasteiger partial charge >= 0.3 is 0 Å². The number of aliphatic hydroxyl groups excluding tert-OH is 1. The largest absolute Gasteiger partial charge is 0.469 e. The molecular formula is C15H16O2. The molecule has 1 aliphatic carbocycles. The van der Waals surface area contributed by atoms with Crippen molar-refractivity contribution < 1.29 is 9.52 Å². The molecule has 0 bridgehead atoms. The Labute approximate surface area is 101 Å². The standard InChI is InChI=1S/C15H16O2/c16-15-12(10-13-5-3-9-17-13)8-7-11-4-1-2-6-14(11)15/h1-6,9,12,15-16H,7-8,10H2. The molecule has 1 aromatic heterocycles. The second-order valence-corrected chi connectivity index (χ2v) is 4.73. The third kappa shape index (κ3) is 2.01. The van der Waals surface area contributed by atoms with Crippen molar-refractivity contribution in [2.24, 2.45) is 5.92 Å². The van der Waals surface area contributed by atoms with Gasteiger partial charge in [-0.15, -0.1) is 0 Å². The molecule has 1 aromatic carbocycles. The molecule has 1 aliphatic rings. The van der Waals surface area contributed by atoms with Crippen LogP contribution in [0, 0.1) is 5.92 Å². The van der Waals surface area contributed by atoms with Gasteiger partial charge in [-0.3, -0.25) is 0 Å². The van der Waals surface area contributed by atoms with Crippen molar-refractivity contribution >= 4 is 0 Å². The topological polar surface area (TPSA) is 33.4 Å². The summed E-state index contributed by atoms with van der Waals surface area (Å²) in [6.07, 6.45) is 4.24. The minimum absolute atomic E-state index is 0.274. The fourth-order valence-corrected chi connectivity index (χ4v) is 2.70. The quantitative estimate of drug-likeness (QED) is 0.856. The number of hydrogen-bond donors (Lipinski definition) is 1. The Morgan fingerprint density at radius 1 is 1.18 bits per heavy atom. The molecule has 1 N–H and O–H groups in total. The van der Waals surface area contributed by atoms with Crippen LogP contribution < -0.4 is 0 Å². The van der Waals surface area contributed by atoms with Gasteiger partial charge in [0.15, 0.2) is 0 Å². The van der Waals surface area contributed by atoms with Crippen molar-refractivity contribution in [2.45, 2.75) is 25.4 Å². The molecule has 2 aromatic rings. The maximum atomic E-state index is 10.4. The number of rotatable bonds is 2. The number of benzene rings is 1. The second-order valence-electron chi connectivity index (χ2n) is 4.73. The molecule has 0 saturated heterocycles. The monoisotopic (exact) mass is 228 g/mol. The minimum Gasteiger partial charge on any atom is -0.469 e. The first-order chi connectivity index (χ1) is 8.34. The maximum absolute atomic E-state index is 10.4. The molecule has 0 spiro atoms. The van der Waals surface area contributed by atoms with E-state index in [0.717, 1.165) is 30.6 Å². The summed E-state index contributed by atoms with van der Waals surface area (Å²) in [5.41, 5.74) is 2.38. The molecule has 0 amide bonds. The lowest BCUT2D eigenvalue weighted by Gasteiger charge is -2.29. The average Bonchev–Trinajstić information content (AvgIpc) is 2.86. The van der Waals surface area contributed by atoms with E-state index in [1.807, 2.05) is 30.3 Å². The average molecular weight is 228 g/mol. The molecule has 2 nitrogen and oxygen atoms in total. The Balaban J connectivity index is 1.82. The van der Waals surface area contributed by atoms with E-state index in [4.69, 9.17) is 4.42 Å². The van der Waals surface area contributed by atoms with Gasteiger partial charge in [0.1, 0.15) is 5.76 Å². The van der Waals surface area contributed by atoms with E-state index < -0.39 is 0 Å². The fraction of sp³-hybridized carbons (Fsp3) is 0.333. The first-order valence-electron chi connectivity index (χ1n) is 6.13. The van der Waals surface area contributed by atoms with Crippen molar-refractivity contribution in [3.63, 3.8) is 0 Å². The lowest BCUT2D eigenvalue weighted by atomic mass is 9.79. The zero-order valence-electron chi connectivity index (χ0n) is 9.67. The Bertz CT molecular complexity index is 487. The predicted octanol–water partition coefficient (Wildman–Crippen LogP) is 3.12. The first-order valence-corrected chi connectivity index (χ1v) is 6.13. The zero-order valence-corrected chi connectivity index (χ0v) is 9.67. The normalized spacial score (nSPS) is 23.4. The Hall–Kier alpha value is -1.54. The molecule has 2 atom stereocenters. The van der Waals surface area contributed by atoms with Crippen molar-refractivity contribution in [3.05, 3.63) is 59.5 Å². The van der Waals surface area contributed by atoms with Crippen LogP contribution in [-0.4, -0.2) is 5.11 Å². The molecule has 1 heterocycles. The number of fused-ring (bicyclic) bond motifs is 1. The van der Waals surface area contributed by atoms with Crippen molar-refractivity contribution in [1.82, 2.24) is 0 Å². The molecule has 88 valence electrons. The van der Waals surface area contributed by atoms with Crippen LogP contribution in [0.15, 0.2) is 47.1 Å². The van der Waals surface area contributed by atoms with E-state index in [-0.39, 0.29) is 12.0 Å². The summed E-state index contributed by atoms with van der Waals surface area (Å²) in [6.45, 7) is 0. The Morgan fingerprint density at radius 3 is 2.88 bits per heavy atom. The summed E-state index contributed by atoms with van der Waals surface area (Å²) in [7, 11) is 0. The number of hydrogen-bond acceptors (Lipinski definition) is 2. The zero-order chi connectivity index (χ0) is 11.7. The molecule has 0 aliphatic heterocycles. The third-order valence-corrected chi connectivity index (χ3v) is 3.65. The van der Waals surface area contributed by atoms with Gasteiger partial charge in [-0.2, -0.15) is 0 Å². The van der Waals surface area contributed by atoms with Crippen LogP contribution >= 0.6 is 0 Å². The molecule has 0 fully saturated rings. The van der Waals surface area contributed by atoms with Crippen LogP contribution in [0.2, 0.25) is 0 Å². The predicted molar refractivity (Wildman–Crippen MR) is 65.6 cm³/mol. The van der Waals surface area contributed by atoms with Gasteiger partial charge in [0.2, 0.25) is 0 Å². The fourth-order valence-electron chi connectivity index (χ4n) is 2.70. The van der Waals surface area contributed by atoms with Crippen LogP contribution in [0.3, 0.4) is 0 Å². The highest BCUT2D eigenvalue weighted by Crippen LogP contribution is 2.36. The van der Waals surface area contributed by atoms with Crippen molar-refractivity contribution in [3.8, 4) is 0 Å². The van der Waals surface area contributed by atoms with Crippen molar-refractivity contribution in [1.29, 1.82) is 0 Å². The second kappa shape index (κ2) is 4.38. The number of aryl methyl sites for hydroxylation is 1. The van der Waals surface area contributed by atoms with Crippen LogP contribution in [0.4, 0.5) is 0 Å². The Kier molecular flexibility index (Phi) is 2.73. The molecular weight excluding hydrogens is 212 g/mol. The van der Waals surface area contributed by atoms with Gasteiger partial charge in [-0.1, -0.05) is 24.3 Å². The first kappa shape index (κ1) is 10.6.